The van der Waals surface area contributed by atoms with Gasteiger partial charge < -0.3 is 0 Å². The third-order valence-electron chi connectivity index (χ3n) is 4.00. The molecule has 0 aromatic carbocycles. The van der Waals surface area contributed by atoms with E-state index in [1.54, 1.807) is 6.08 Å². The van der Waals surface area contributed by atoms with Gasteiger partial charge in [0, 0.05) is 6.54 Å². The molecule has 18 heavy (non-hydrogen) atoms. The lowest BCUT2D eigenvalue weighted by molar-refractivity contribution is -0.139. The number of allylic oxidation sites excluding steroid dienone is 2. The molecule has 0 bridgehead atoms. The van der Waals surface area contributed by atoms with E-state index < -0.39 is 0 Å². The van der Waals surface area contributed by atoms with Gasteiger partial charge >= 0.3 is 0 Å². The third kappa shape index (κ3) is 1.92. The smallest absolute Gasteiger partial charge is 0.234 e. The molecule has 1 heterocycles. The standard InChI is InChI=1S/C15H21NO2/c1-5-9-16-13(17)10-7-6-8-11(15(2,3)4)12(10)14(16)18/h5-6,8,10-12H,1,7,9H2,2-4H3. The maximum atomic E-state index is 12.4. The average Bonchev–Trinajstić information content (AvgIpc) is 2.54. The van der Waals surface area contributed by atoms with E-state index in [1.165, 1.54) is 4.90 Å². The van der Waals surface area contributed by atoms with Crippen LogP contribution in [0.4, 0.5) is 0 Å². The second-order valence-corrected chi connectivity index (χ2v) is 6.26. The molecule has 2 aliphatic rings. The highest BCUT2D eigenvalue weighted by atomic mass is 16.2. The minimum Gasteiger partial charge on any atom is -0.278 e. The Morgan fingerprint density at radius 3 is 2.61 bits per heavy atom. The van der Waals surface area contributed by atoms with Crippen LogP contribution in [0.1, 0.15) is 27.2 Å². The van der Waals surface area contributed by atoms with E-state index in [-0.39, 0.29) is 35.0 Å². The van der Waals surface area contributed by atoms with E-state index >= 15 is 0 Å². The van der Waals surface area contributed by atoms with Gasteiger partial charge in [-0.1, -0.05) is 39.0 Å². The molecule has 98 valence electrons. The van der Waals surface area contributed by atoms with E-state index in [9.17, 15) is 9.59 Å². The van der Waals surface area contributed by atoms with Crippen LogP contribution in [0.15, 0.2) is 24.8 Å². The SMILES string of the molecule is C=CCN1C(=O)C2CC=CC(C(C)(C)C)C2C1=O. The predicted octanol–water partition coefficient (Wildman–Crippen LogP) is 2.40. The fraction of sp³-hybridized carbons (Fsp3) is 0.600. The second kappa shape index (κ2) is 4.38. The number of nitrogens with zero attached hydrogens (tertiary/aromatic N) is 1. The summed E-state index contributed by atoms with van der Waals surface area (Å²) in [6, 6.07) is 0. The van der Waals surface area contributed by atoms with E-state index in [2.05, 4.69) is 39.5 Å². The molecule has 3 unspecified atom stereocenters. The van der Waals surface area contributed by atoms with Crippen LogP contribution in [0, 0.1) is 23.2 Å². The van der Waals surface area contributed by atoms with Gasteiger partial charge in [0.15, 0.2) is 0 Å². The lowest BCUT2D eigenvalue weighted by Gasteiger charge is -2.36. The van der Waals surface area contributed by atoms with Gasteiger partial charge in [-0.25, -0.2) is 0 Å². The van der Waals surface area contributed by atoms with Crippen molar-refractivity contribution in [2.75, 3.05) is 6.54 Å². The van der Waals surface area contributed by atoms with Crippen molar-refractivity contribution >= 4 is 11.8 Å². The highest BCUT2D eigenvalue weighted by Gasteiger charge is 2.52. The normalized spacial score (nSPS) is 31.7. The van der Waals surface area contributed by atoms with Crippen molar-refractivity contribution in [3.05, 3.63) is 24.8 Å². The summed E-state index contributed by atoms with van der Waals surface area (Å²) in [4.78, 5) is 26.0. The van der Waals surface area contributed by atoms with Gasteiger partial charge in [0.25, 0.3) is 0 Å². The first-order valence-electron chi connectivity index (χ1n) is 6.50. The van der Waals surface area contributed by atoms with Crippen molar-refractivity contribution in [2.45, 2.75) is 27.2 Å². The highest BCUT2D eigenvalue weighted by Crippen LogP contribution is 2.45. The summed E-state index contributed by atoms with van der Waals surface area (Å²) in [5, 5.41) is 0. The average molecular weight is 247 g/mol. The number of carbonyl (C=O) groups is 2. The lowest BCUT2D eigenvalue weighted by atomic mass is 9.66. The summed E-state index contributed by atoms with van der Waals surface area (Å²) < 4.78 is 0. The van der Waals surface area contributed by atoms with Crippen LogP contribution in [-0.2, 0) is 9.59 Å². The molecule has 0 saturated carbocycles. The summed E-state index contributed by atoms with van der Waals surface area (Å²) in [7, 11) is 0. The van der Waals surface area contributed by atoms with Crippen LogP contribution < -0.4 is 0 Å². The van der Waals surface area contributed by atoms with Crippen LogP contribution in [0.5, 0.6) is 0 Å². The lowest BCUT2D eigenvalue weighted by Crippen LogP contribution is -2.37. The molecular weight excluding hydrogens is 226 g/mol. The summed E-state index contributed by atoms with van der Waals surface area (Å²) in [5.74, 6) is -0.241. The molecule has 0 radical (unpaired) electrons. The number of carbonyl (C=O) groups excluding carboxylic acids is 2. The summed E-state index contributed by atoms with van der Waals surface area (Å²) >= 11 is 0. The topological polar surface area (TPSA) is 37.4 Å². The van der Waals surface area contributed by atoms with Crippen LogP contribution in [-0.4, -0.2) is 23.3 Å². The molecule has 0 N–H and O–H groups in total. The van der Waals surface area contributed by atoms with Crippen LogP contribution in [0.3, 0.4) is 0 Å². The molecule has 3 heteroatoms. The van der Waals surface area contributed by atoms with Gasteiger partial charge in [-0.2, -0.15) is 0 Å². The highest BCUT2D eigenvalue weighted by molar-refractivity contribution is 6.05. The monoisotopic (exact) mass is 247 g/mol. The maximum Gasteiger partial charge on any atom is 0.234 e. The number of imide groups is 1. The van der Waals surface area contributed by atoms with Crippen molar-refractivity contribution in [2.24, 2.45) is 23.2 Å². The van der Waals surface area contributed by atoms with Crippen molar-refractivity contribution in [3.63, 3.8) is 0 Å². The number of amides is 2. The molecule has 2 rings (SSSR count). The molecule has 1 saturated heterocycles. The first kappa shape index (κ1) is 13.1. The largest absolute Gasteiger partial charge is 0.278 e. The Labute approximate surface area is 109 Å². The van der Waals surface area contributed by atoms with Gasteiger partial charge in [-0.15, -0.1) is 6.58 Å². The molecule has 0 spiro atoms. The maximum absolute atomic E-state index is 12.4. The van der Waals surface area contributed by atoms with Gasteiger partial charge in [0.1, 0.15) is 0 Å². The molecule has 3 nitrogen and oxygen atoms in total. The summed E-state index contributed by atoms with van der Waals surface area (Å²) in [6.07, 6.45) is 6.48. The Kier molecular flexibility index (Phi) is 3.18. The summed E-state index contributed by atoms with van der Waals surface area (Å²) in [5.41, 5.74) is -0.0000341. The molecule has 1 fully saturated rings. The Morgan fingerprint density at radius 2 is 2.06 bits per heavy atom. The van der Waals surface area contributed by atoms with Crippen molar-refractivity contribution in [3.8, 4) is 0 Å². The quantitative estimate of drug-likeness (QED) is 0.555. The van der Waals surface area contributed by atoms with Gasteiger partial charge in [-0.3, -0.25) is 14.5 Å². The molecular formula is C15H21NO2. The van der Waals surface area contributed by atoms with Crippen molar-refractivity contribution in [1.29, 1.82) is 0 Å². The van der Waals surface area contributed by atoms with Crippen molar-refractivity contribution in [1.82, 2.24) is 4.90 Å². The Bertz CT molecular complexity index is 417. The summed E-state index contributed by atoms with van der Waals surface area (Å²) in [6.45, 7) is 10.3. The zero-order valence-electron chi connectivity index (χ0n) is 11.3. The molecule has 3 atom stereocenters. The minimum absolute atomic E-state index is 0.0000341. The number of fused-ring (bicyclic) bond motifs is 1. The zero-order valence-corrected chi connectivity index (χ0v) is 11.3. The zero-order chi connectivity index (χ0) is 13.5. The number of hydrogen-bond acceptors (Lipinski definition) is 2. The Balaban J connectivity index is 2.35. The molecule has 2 amide bonds. The minimum atomic E-state index is -0.178. The Morgan fingerprint density at radius 1 is 1.39 bits per heavy atom. The van der Waals surface area contributed by atoms with E-state index in [0.29, 0.717) is 13.0 Å². The van der Waals surface area contributed by atoms with E-state index in [1.807, 2.05) is 0 Å². The first-order chi connectivity index (χ1) is 8.38. The van der Waals surface area contributed by atoms with E-state index in [4.69, 9.17) is 0 Å². The van der Waals surface area contributed by atoms with Gasteiger partial charge in [0.2, 0.25) is 11.8 Å². The molecule has 1 aliphatic carbocycles. The second-order valence-electron chi connectivity index (χ2n) is 6.26. The van der Waals surface area contributed by atoms with Gasteiger partial charge in [0.05, 0.1) is 11.8 Å². The fourth-order valence-electron chi connectivity index (χ4n) is 3.09. The Hall–Kier alpha value is -1.38. The van der Waals surface area contributed by atoms with E-state index in [0.717, 1.165) is 0 Å². The fourth-order valence-corrected chi connectivity index (χ4v) is 3.09. The molecule has 1 aliphatic heterocycles. The van der Waals surface area contributed by atoms with Crippen LogP contribution in [0.25, 0.3) is 0 Å². The third-order valence-corrected chi connectivity index (χ3v) is 4.00. The number of rotatable bonds is 2. The van der Waals surface area contributed by atoms with Crippen molar-refractivity contribution < 1.29 is 9.59 Å². The molecule has 0 aromatic rings. The van der Waals surface area contributed by atoms with Crippen LogP contribution in [0.2, 0.25) is 0 Å². The predicted molar refractivity (Wildman–Crippen MR) is 70.6 cm³/mol. The van der Waals surface area contributed by atoms with Gasteiger partial charge in [-0.05, 0) is 17.8 Å². The van der Waals surface area contributed by atoms with Crippen LogP contribution >= 0.6 is 0 Å². The molecule has 0 aromatic heterocycles. The first-order valence-corrected chi connectivity index (χ1v) is 6.50. The number of likely N-dealkylation sites (tertiary alicyclic amines) is 1. The number of hydrogen-bond donors (Lipinski definition) is 0.